The predicted octanol–water partition coefficient (Wildman–Crippen LogP) is 2.87. The van der Waals surface area contributed by atoms with E-state index in [4.69, 9.17) is 11.6 Å². The van der Waals surface area contributed by atoms with Crippen molar-refractivity contribution in [1.29, 1.82) is 0 Å². The molecule has 0 fully saturated rings. The Bertz CT molecular complexity index is 687. The summed E-state index contributed by atoms with van der Waals surface area (Å²) in [6.07, 6.45) is 1.68. The van der Waals surface area contributed by atoms with Crippen molar-refractivity contribution in [1.82, 2.24) is 10.3 Å². The van der Waals surface area contributed by atoms with Crippen LogP contribution in [-0.4, -0.2) is 17.4 Å². The van der Waals surface area contributed by atoms with E-state index < -0.39 is 0 Å². The standard InChI is InChI=1S/C16H16ClN3O/c1-10-6-14(15(17)19-7-10)20-16(21)13-9-18-8-11-4-2-3-5-12(11)13/h2-7,13,18H,8-9H2,1H3,(H,20,21). The number of nitrogens with one attached hydrogen (secondary N) is 2. The molecule has 4 nitrogen and oxygen atoms in total. The third-order valence-corrected chi connectivity index (χ3v) is 3.95. The Balaban J connectivity index is 1.85. The third kappa shape index (κ3) is 2.91. The van der Waals surface area contributed by atoms with E-state index in [-0.39, 0.29) is 11.8 Å². The molecular weight excluding hydrogens is 286 g/mol. The number of carbonyl (C=O) groups excluding carboxylic acids is 1. The molecule has 1 aliphatic heterocycles. The van der Waals surface area contributed by atoms with Gasteiger partial charge in [0.05, 0.1) is 11.6 Å². The highest BCUT2D eigenvalue weighted by Gasteiger charge is 2.26. The number of fused-ring (bicyclic) bond motifs is 1. The SMILES string of the molecule is Cc1cnc(Cl)c(NC(=O)C2CNCc3ccccc32)c1. The number of halogens is 1. The Kier molecular flexibility index (Phi) is 3.90. The summed E-state index contributed by atoms with van der Waals surface area (Å²) in [7, 11) is 0. The van der Waals surface area contributed by atoms with Gasteiger partial charge in [-0.1, -0.05) is 35.9 Å². The van der Waals surface area contributed by atoms with Crippen molar-refractivity contribution in [3.8, 4) is 0 Å². The molecule has 108 valence electrons. The van der Waals surface area contributed by atoms with Crippen molar-refractivity contribution >= 4 is 23.2 Å². The van der Waals surface area contributed by atoms with Crippen molar-refractivity contribution in [2.75, 3.05) is 11.9 Å². The number of benzene rings is 1. The average Bonchev–Trinajstić information content (AvgIpc) is 2.50. The van der Waals surface area contributed by atoms with Crippen LogP contribution in [0.15, 0.2) is 36.5 Å². The van der Waals surface area contributed by atoms with Gasteiger partial charge in [-0.05, 0) is 29.7 Å². The molecule has 21 heavy (non-hydrogen) atoms. The van der Waals surface area contributed by atoms with Crippen molar-refractivity contribution in [2.24, 2.45) is 0 Å². The zero-order valence-electron chi connectivity index (χ0n) is 11.7. The van der Waals surface area contributed by atoms with E-state index in [1.807, 2.05) is 37.3 Å². The second-order valence-corrected chi connectivity index (χ2v) is 5.58. The number of aromatic nitrogens is 1. The van der Waals surface area contributed by atoms with Crippen molar-refractivity contribution in [3.63, 3.8) is 0 Å². The van der Waals surface area contributed by atoms with Crippen molar-refractivity contribution in [2.45, 2.75) is 19.4 Å². The molecule has 0 spiro atoms. The highest BCUT2D eigenvalue weighted by Crippen LogP contribution is 2.27. The molecule has 0 radical (unpaired) electrons. The minimum Gasteiger partial charge on any atom is -0.323 e. The van der Waals surface area contributed by atoms with Crippen LogP contribution in [0.25, 0.3) is 0 Å². The van der Waals surface area contributed by atoms with Gasteiger partial charge in [0.25, 0.3) is 0 Å². The number of hydrogen-bond acceptors (Lipinski definition) is 3. The zero-order chi connectivity index (χ0) is 14.8. The molecule has 1 amide bonds. The lowest BCUT2D eigenvalue weighted by Gasteiger charge is -2.25. The molecule has 0 saturated carbocycles. The van der Waals surface area contributed by atoms with Gasteiger partial charge in [-0.15, -0.1) is 0 Å². The predicted molar refractivity (Wildman–Crippen MR) is 83.5 cm³/mol. The van der Waals surface area contributed by atoms with Gasteiger partial charge in [-0.2, -0.15) is 0 Å². The summed E-state index contributed by atoms with van der Waals surface area (Å²) in [6, 6.07) is 9.84. The molecule has 5 heteroatoms. The van der Waals surface area contributed by atoms with Gasteiger partial charge in [0.2, 0.25) is 5.91 Å². The second-order valence-electron chi connectivity index (χ2n) is 5.22. The summed E-state index contributed by atoms with van der Waals surface area (Å²) >= 11 is 6.04. The Hall–Kier alpha value is -1.91. The molecule has 1 aromatic carbocycles. The van der Waals surface area contributed by atoms with E-state index in [0.717, 1.165) is 23.2 Å². The van der Waals surface area contributed by atoms with E-state index in [0.29, 0.717) is 17.4 Å². The van der Waals surface area contributed by atoms with Crippen molar-refractivity contribution in [3.05, 3.63) is 58.4 Å². The first-order chi connectivity index (χ1) is 10.1. The summed E-state index contributed by atoms with van der Waals surface area (Å²) in [6.45, 7) is 3.34. The quantitative estimate of drug-likeness (QED) is 0.839. The number of pyridine rings is 1. The normalized spacial score (nSPS) is 17.1. The Morgan fingerprint density at radius 1 is 1.43 bits per heavy atom. The lowest BCUT2D eigenvalue weighted by molar-refractivity contribution is -0.117. The number of hydrogen-bond donors (Lipinski definition) is 2. The second kappa shape index (κ2) is 5.84. The maximum Gasteiger partial charge on any atom is 0.233 e. The monoisotopic (exact) mass is 301 g/mol. The smallest absolute Gasteiger partial charge is 0.233 e. The zero-order valence-corrected chi connectivity index (χ0v) is 12.4. The first-order valence-corrected chi connectivity index (χ1v) is 7.24. The molecular formula is C16H16ClN3O. The molecule has 1 aromatic heterocycles. The fourth-order valence-electron chi connectivity index (χ4n) is 2.59. The fraction of sp³-hybridized carbons (Fsp3) is 0.250. The van der Waals surface area contributed by atoms with Crippen LogP contribution in [0.1, 0.15) is 22.6 Å². The van der Waals surface area contributed by atoms with E-state index in [9.17, 15) is 4.79 Å². The van der Waals surface area contributed by atoms with Gasteiger partial charge in [0.15, 0.2) is 5.15 Å². The number of amides is 1. The Labute approximate surface area is 128 Å². The number of anilines is 1. The summed E-state index contributed by atoms with van der Waals surface area (Å²) < 4.78 is 0. The average molecular weight is 302 g/mol. The summed E-state index contributed by atoms with van der Waals surface area (Å²) in [5, 5.41) is 6.47. The van der Waals surface area contributed by atoms with Crippen LogP contribution in [0, 0.1) is 6.92 Å². The maximum atomic E-state index is 12.6. The van der Waals surface area contributed by atoms with Gasteiger partial charge < -0.3 is 10.6 Å². The molecule has 0 aliphatic carbocycles. The van der Waals surface area contributed by atoms with Gasteiger partial charge in [-0.25, -0.2) is 4.98 Å². The number of nitrogens with zero attached hydrogens (tertiary/aromatic N) is 1. The first kappa shape index (κ1) is 14.0. The molecule has 3 rings (SSSR count). The van der Waals surface area contributed by atoms with Gasteiger partial charge in [0.1, 0.15) is 0 Å². The van der Waals surface area contributed by atoms with E-state index in [2.05, 4.69) is 15.6 Å². The molecule has 1 unspecified atom stereocenters. The highest BCUT2D eigenvalue weighted by molar-refractivity contribution is 6.32. The molecule has 2 heterocycles. The molecule has 2 aromatic rings. The minimum atomic E-state index is -0.216. The van der Waals surface area contributed by atoms with Crippen LogP contribution < -0.4 is 10.6 Å². The largest absolute Gasteiger partial charge is 0.323 e. The topological polar surface area (TPSA) is 54.0 Å². The summed E-state index contributed by atoms with van der Waals surface area (Å²) in [5.74, 6) is -0.282. The Morgan fingerprint density at radius 3 is 3.10 bits per heavy atom. The summed E-state index contributed by atoms with van der Waals surface area (Å²) in [5.41, 5.74) is 3.75. The van der Waals surface area contributed by atoms with Crippen LogP contribution in [0.2, 0.25) is 5.15 Å². The lowest BCUT2D eigenvalue weighted by atomic mass is 9.90. The van der Waals surface area contributed by atoms with E-state index in [1.54, 1.807) is 6.20 Å². The van der Waals surface area contributed by atoms with E-state index >= 15 is 0 Å². The minimum absolute atomic E-state index is 0.0658. The maximum absolute atomic E-state index is 12.6. The van der Waals surface area contributed by atoms with Gasteiger partial charge in [-0.3, -0.25) is 4.79 Å². The highest BCUT2D eigenvalue weighted by atomic mass is 35.5. The van der Waals surface area contributed by atoms with Crippen LogP contribution in [0.3, 0.4) is 0 Å². The van der Waals surface area contributed by atoms with Crippen LogP contribution in [0.4, 0.5) is 5.69 Å². The third-order valence-electron chi connectivity index (χ3n) is 3.64. The number of aryl methyl sites for hydroxylation is 1. The molecule has 0 bridgehead atoms. The number of rotatable bonds is 2. The van der Waals surface area contributed by atoms with E-state index in [1.165, 1.54) is 0 Å². The van der Waals surface area contributed by atoms with Gasteiger partial charge in [0, 0.05) is 19.3 Å². The fourth-order valence-corrected chi connectivity index (χ4v) is 2.74. The molecule has 1 aliphatic rings. The molecule has 2 N–H and O–H groups in total. The lowest BCUT2D eigenvalue weighted by Crippen LogP contribution is -2.35. The first-order valence-electron chi connectivity index (χ1n) is 6.86. The Morgan fingerprint density at radius 2 is 2.24 bits per heavy atom. The van der Waals surface area contributed by atoms with Crippen LogP contribution >= 0.6 is 11.6 Å². The van der Waals surface area contributed by atoms with Gasteiger partial charge >= 0.3 is 0 Å². The van der Waals surface area contributed by atoms with Crippen LogP contribution in [-0.2, 0) is 11.3 Å². The molecule has 1 atom stereocenters. The number of carbonyl (C=O) groups is 1. The summed E-state index contributed by atoms with van der Waals surface area (Å²) in [4.78, 5) is 16.6. The van der Waals surface area contributed by atoms with Crippen LogP contribution in [0.5, 0.6) is 0 Å². The molecule has 0 saturated heterocycles. The van der Waals surface area contributed by atoms with Crippen molar-refractivity contribution < 1.29 is 4.79 Å².